The molecule has 4 nitrogen and oxygen atoms in total. The van der Waals surface area contributed by atoms with Crippen molar-refractivity contribution >= 4 is 34.1 Å². The van der Waals surface area contributed by atoms with E-state index in [0.29, 0.717) is 23.2 Å². The van der Waals surface area contributed by atoms with Crippen LogP contribution in [0.15, 0.2) is 42.5 Å². The molecule has 0 N–H and O–H groups in total. The first kappa shape index (κ1) is 15.2. The number of carbonyl (C=O) groups excluding carboxylic acids is 1. The Morgan fingerprint density at radius 1 is 1.04 bits per heavy atom. The van der Waals surface area contributed by atoms with Crippen molar-refractivity contribution in [3.63, 3.8) is 0 Å². The average Bonchev–Trinajstić information content (AvgIpc) is 2.57. The molecule has 3 rings (SSSR count). The number of carbonyl (C=O) groups is 1. The van der Waals surface area contributed by atoms with Crippen molar-refractivity contribution < 1.29 is 9.53 Å². The second kappa shape index (κ2) is 6.57. The van der Waals surface area contributed by atoms with Gasteiger partial charge < -0.3 is 4.74 Å². The van der Waals surface area contributed by atoms with Crippen molar-refractivity contribution in [1.82, 2.24) is 9.97 Å². The van der Waals surface area contributed by atoms with Crippen LogP contribution in [0, 0.1) is 0 Å². The molecule has 0 aliphatic heterocycles. The van der Waals surface area contributed by atoms with Gasteiger partial charge in [-0.15, -0.1) is 0 Å². The number of para-hydroxylation sites is 2. The van der Waals surface area contributed by atoms with Crippen molar-refractivity contribution in [2.24, 2.45) is 0 Å². The number of esters is 1. The van der Waals surface area contributed by atoms with Gasteiger partial charge in [0.05, 0.1) is 28.7 Å². The van der Waals surface area contributed by atoms with Gasteiger partial charge in [0.15, 0.2) is 0 Å². The SMILES string of the molecule is CCC=Cc1cccc2nc3cccc(C(=O)OCC)c3nc12. The molecule has 0 bridgehead atoms. The second-order valence-electron chi connectivity index (χ2n) is 5.14. The topological polar surface area (TPSA) is 52.1 Å². The maximum absolute atomic E-state index is 12.1. The van der Waals surface area contributed by atoms with Gasteiger partial charge in [0, 0.05) is 5.56 Å². The van der Waals surface area contributed by atoms with Gasteiger partial charge in [-0.2, -0.15) is 0 Å². The quantitative estimate of drug-likeness (QED) is 0.530. The number of hydrogen-bond donors (Lipinski definition) is 0. The van der Waals surface area contributed by atoms with Crippen molar-refractivity contribution in [2.75, 3.05) is 6.61 Å². The molecule has 0 unspecified atom stereocenters. The Labute approximate surface area is 134 Å². The van der Waals surface area contributed by atoms with Gasteiger partial charge in [0.1, 0.15) is 5.52 Å². The number of benzene rings is 2. The predicted octanol–water partition coefficient (Wildman–Crippen LogP) is 4.38. The lowest BCUT2D eigenvalue weighted by Crippen LogP contribution is -2.06. The lowest BCUT2D eigenvalue weighted by molar-refractivity contribution is 0.0528. The number of allylic oxidation sites excluding steroid dienone is 1. The lowest BCUT2D eigenvalue weighted by Gasteiger charge is -2.07. The van der Waals surface area contributed by atoms with Gasteiger partial charge in [0.25, 0.3) is 0 Å². The van der Waals surface area contributed by atoms with Crippen LogP contribution in [-0.2, 0) is 4.74 Å². The Kier molecular flexibility index (Phi) is 4.33. The van der Waals surface area contributed by atoms with E-state index in [1.807, 2.05) is 30.3 Å². The number of aromatic nitrogens is 2. The monoisotopic (exact) mass is 306 g/mol. The number of fused-ring (bicyclic) bond motifs is 2. The van der Waals surface area contributed by atoms with Crippen LogP contribution in [0.3, 0.4) is 0 Å². The number of rotatable bonds is 4. The highest BCUT2D eigenvalue weighted by atomic mass is 16.5. The van der Waals surface area contributed by atoms with Gasteiger partial charge >= 0.3 is 5.97 Å². The summed E-state index contributed by atoms with van der Waals surface area (Å²) in [5.41, 5.74) is 4.33. The van der Waals surface area contributed by atoms with E-state index in [-0.39, 0.29) is 5.97 Å². The zero-order valence-electron chi connectivity index (χ0n) is 13.2. The molecule has 0 fully saturated rings. The summed E-state index contributed by atoms with van der Waals surface area (Å²) in [6.07, 6.45) is 5.07. The normalized spacial score (nSPS) is 11.4. The highest BCUT2D eigenvalue weighted by Gasteiger charge is 2.14. The first-order valence-electron chi connectivity index (χ1n) is 7.77. The van der Waals surface area contributed by atoms with Crippen LogP contribution in [0.25, 0.3) is 28.1 Å². The smallest absolute Gasteiger partial charge is 0.340 e. The average molecular weight is 306 g/mol. The number of hydrogen-bond acceptors (Lipinski definition) is 4. The summed E-state index contributed by atoms with van der Waals surface area (Å²) in [5, 5.41) is 0. The maximum atomic E-state index is 12.1. The zero-order valence-corrected chi connectivity index (χ0v) is 13.2. The minimum Gasteiger partial charge on any atom is -0.462 e. The van der Waals surface area contributed by atoms with Gasteiger partial charge in [-0.3, -0.25) is 0 Å². The number of ether oxygens (including phenoxy) is 1. The van der Waals surface area contributed by atoms with Crippen LogP contribution in [0.2, 0.25) is 0 Å². The van der Waals surface area contributed by atoms with E-state index in [1.54, 1.807) is 19.1 Å². The molecule has 116 valence electrons. The largest absolute Gasteiger partial charge is 0.462 e. The number of nitrogens with zero attached hydrogens (tertiary/aromatic N) is 2. The highest BCUT2D eigenvalue weighted by molar-refractivity contribution is 6.04. The third kappa shape index (κ3) is 2.93. The molecule has 0 radical (unpaired) electrons. The fourth-order valence-corrected chi connectivity index (χ4v) is 2.49. The predicted molar refractivity (Wildman–Crippen MR) is 92.3 cm³/mol. The van der Waals surface area contributed by atoms with E-state index in [9.17, 15) is 4.79 Å². The van der Waals surface area contributed by atoms with Crippen molar-refractivity contribution in [1.29, 1.82) is 0 Å². The summed E-state index contributed by atoms with van der Waals surface area (Å²) >= 11 is 0. The van der Waals surface area contributed by atoms with Crippen LogP contribution in [0.1, 0.15) is 36.2 Å². The molecule has 1 aromatic heterocycles. The summed E-state index contributed by atoms with van der Waals surface area (Å²) in [6, 6.07) is 11.3. The standard InChI is InChI=1S/C19H18N2O2/c1-3-5-8-13-9-6-11-15-17(13)21-18-14(19(22)23-4-2)10-7-12-16(18)20-15/h5-12H,3-4H2,1-2H3. The van der Waals surface area contributed by atoms with Crippen LogP contribution >= 0.6 is 0 Å². The molecule has 0 saturated carbocycles. The molecule has 23 heavy (non-hydrogen) atoms. The Bertz CT molecular complexity index is 900. The molecule has 0 amide bonds. The third-order valence-electron chi connectivity index (χ3n) is 3.55. The lowest BCUT2D eigenvalue weighted by atomic mass is 10.1. The summed E-state index contributed by atoms with van der Waals surface area (Å²) < 4.78 is 5.12. The van der Waals surface area contributed by atoms with Gasteiger partial charge in [0.2, 0.25) is 0 Å². The van der Waals surface area contributed by atoms with E-state index in [0.717, 1.165) is 23.0 Å². The minimum absolute atomic E-state index is 0.334. The molecule has 4 heteroatoms. The Balaban J connectivity index is 2.27. The summed E-state index contributed by atoms with van der Waals surface area (Å²) in [5.74, 6) is -0.367. The van der Waals surface area contributed by atoms with Crippen LogP contribution in [0.4, 0.5) is 0 Å². The Hall–Kier alpha value is -2.75. The Morgan fingerprint density at radius 3 is 2.52 bits per heavy atom. The van der Waals surface area contributed by atoms with Gasteiger partial charge in [-0.25, -0.2) is 14.8 Å². The molecule has 0 saturated heterocycles. The van der Waals surface area contributed by atoms with Crippen molar-refractivity contribution in [2.45, 2.75) is 20.3 Å². The van der Waals surface area contributed by atoms with E-state index in [2.05, 4.69) is 18.0 Å². The molecule has 0 aliphatic carbocycles. The molecule has 0 aliphatic rings. The van der Waals surface area contributed by atoms with Crippen LogP contribution < -0.4 is 0 Å². The van der Waals surface area contributed by atoms with Crippen molar-refractivity contribution in [3.05, 3.63) is 53.6 Å². The van der Waals surface area contributed by atoms with E-state index in [1.165, 1.54) is 0 Å². The first-order chi connectivity index (χ1) is 11.2. The van der Waals surface area contributed by atoms with E-state index < -0.39 is 0 Å². The van der Waals surface area contributed by atoms with E-state index >= 15 is 0 Å². The first-order valence-corrected chi connectivity index (χ1v) is 7.77. The molecule has 3 aromatic rings. The molecule has 2 aromatic carbocycles. The Morgan fingerprint density at radius 2 is 1.78 bits per heavy atom. The van der Waals surface area contributed by atoms with Crippen LogP contribution in [0.5, 0.6) is 0 Å². The fraction of sp³-hybridized carbons (Fsp3) is 0.211. The molecule has 0 atom stereocenters. The second-order valence-corrected chi connectivity index (χ2v) is 5.14. The molecule has 1 heterocycles. The summed E-state index contributed by atoms with van der Waals surface area (Å²) in [6.45, 7) is 4.21. The summed E-state index contributed by atoms with van der Waals surface area (Å²) in [4.78, 5) is 21.5. The minimum atomic E-state index is -0.367. The van der Waals surface area contributed by atoms with E-state index in [4.69, 9.17) is 9.72 Å². The third-order valence-corrected chi connectivity index (χ3v) is 3.55. The molecule has 0 spiro atoms. The maximum Gasteiger partial charge on any atom is 0.340 e. The van der Waals surface area contributed by atoms with Crippen molar-refractivity contribution in [3.8, 4) is 0 Å². The van der Waals surface area contributed by atoms with Crippen LogP contribution in [-0.4, -0.2) is 22.5 Å². The van der Waals surface area contributed by atoms with Gasteiger partial charge in [-0.05, 0) is 31.5 Å². The highest BCUT2D eigenvalue weighted by Crippen LogP contribution is 2.23. The summed E-state index contributed by atoms with van der Waals surface area (Å²) in [7, 11) is 0. The fourth-order valence-electron chi connectivity index (χ4n) is 2.49. The molecular weight excluding hydrogens is 288 g/mol. The zero-order chi connectivity index (χ0) is 16.2. The van der Waals surface area contributed by atoms with Gasteiger partial charge in [-0.1, -0.05) is 37.3 Å². The molecular formula is C19H18N2O2.